The topological polar surface area (TPSA) is 4.93 Å². The Balaban J connectivity index is 1.87. The van der Waals surface area contributed by atoms with Crippen LogP contribution >= 0.6 is 0 Å². The molecule has 0 N–H and O–H groups in total. The number of hydrogen-bond acceptors (Lipinski definition) is 0. The molecule has 3 aromatic rings. The molecule has 1 saturated carbocycles. The SMILES string of the molecule is Cc1c2cccc1-c1c(c(C)n(C3CCCCC3)c1C)-c1cccc(c1C)[C@@H]([S+](C)C)C2. The zero-order valence-corrected chi connectivity index (χ0v) is 21.5. The van der Waals surface area contributed by atoms with Gasteiger partial charge in [-0.05, 0) is 79.2 Å². The van der Waals surface area contributed by atoms with Crippen LogP contribution in [0.15, 0.2) is 36.4 Å². The van der Waals surface area contributed by atoms with Gasteiger partial charge in [0, 0.05) is 40.5 Å². The van der Waals surface area contributed by atoms with E-state index in [-0.39, 0.29) is 0 Å². The third kappa shape index (κ3) is 3.37. The van der Waals surface area contributed by atoms with Gasteiger partial charge in [0.25, 0.3) is 0 Å². The molecule has 1 atom stereocenters. The molecule has 2 aliphatic carbocycles. The summed E-state index contributed by atoms with van der Waals surface area (Å²) in [4.78, 5) is 0. The molecule has 2 aliphatic rings. The Labute approximate surface area is 197 Å². The van der Waals surface area contributed by atoms with Crippen molar-refractivity contribution in [1.82, 2.24) is 4.57 Å². The summed E-state index contributed by atoms with van der Waals surface area (Å²) in [6, 6.07) is 14.8. The molecule has 2 heteroatoms. The van der Waals surface area contributed by atoms with Gasteiger partial charge in [-0.25, -0.2) is 0 Å². The summed E-state index contributed by atoms with van der Waals surface area (Å²) in [5, 5.41) is 0.576. The Morgan fingerprint density at radius 1 is 0.750 bits per heavy atom. The number of aromatic nitrogens is 1. The molecule has 0 saturated heterocycles. The summed E-state index contributed by atoms with van der Waals surface area (Å²) in [5.41, 5.74) is 14.9. The van der Waals surface area contributed by atoms with E-state index in [0.29, 0.717) is 22.2 Å². The molecule has 1 heterocycles. The molecule has 0 radical (unpaired) electrons. The van der Waals surface area contributed by atoms with Crippen LogP contribution in [-0.2, 0) is 17.3 Å². The first kappa shape index (κ1) is 21.9. The van der Waals surface area contributed by atoms with Crippen molar-refractivity contribution in [2.75, 3.05) is 12.5 Å². The van der Waals surface area contributed by atoms with Crippen LogP contribution in [0.25, 0.3) is 22.3 Å². The molecule has 1 fully saturated rings. The Morgan fingerprint density at radius 2 is 1.34 bits per heavy atom. The van der Waals surface area contributed by atoms with Crippen LogP contribution in [0.4, 0.5) is 0 Å². The normalized spacial score (nSPS) is 18.7. The highest BCUT2D eigenvalue weighted by molar-refractivity contribution is 7.95. The molecule has 2 aromatic carbocycles. The lowest BCUT2D eigenvalue weighted by atomic mass is 9.84. The van der Waals surface area contributed by atoms with Gasteiger partial charge in [-0.3, -0.25) is 0 Å². The van der Waals surface area contributed by atoms with Gasteiger partial charge in [0.1, 0.15) is 5.25 Å². The van der Waals surface area contributed by atoms with E-state index in [2.05, 4.69) is 81.2 Å². The fourth-order valence-electron chi connectivity index (χ4n) is 6.58. The van der Waals surface area contributed by atoms with Crippen molar-refractivity contribution >= 4 is 10.9 Å². The number of benzene rings is 2. The highest BCUT2D eigenvalue weighted by Crippen LogP contribution is 2.47. The molecule has 32 heavy (non-hydrogen) atoms. The summed E-state index contributed by atoms with van der Waals surface area (Å²) < 4.78 is 2.72. The fourth-order valence-corrected chi connectivity index (χ4v) is 7.86. The number of nitrogens with zero attached hydrogens (tertiary/aromatic N) is 1. The van der Waals surface area contributed by atoms with E-state index in [4.69, 9.17) is 0 Å². The predicted molar refractivity (Wildman–Crippen MR) is 142 cm³/mol. The predicted octanol–water partition coefficient (Wildman–Crippen LogP) is 8.04. The second kappa shape index (κ2) is 8.45. The van der Waals surface area contributed by atoms with Gasteiger partial charge in [-0.2, -0.15) is 0 Å². The zero-order valence-electron chi connectivity index (χ0n) is 20.7. The van der Waals surface area contributed by atoms with Crippen molar-refractivity contribution < 1.29 is 0 Å². The van der Waals surface area contributed by atoms with Gasteiger partial charge in [-0.1, -0.05) is 55.7 Å². The van der Waals surface area contributed by atoms with E-state index < -0.39 is 0 Å². The van der Waals surface area contributed by atoms with Gasteiger partial charge < -0.3 is 4.57 Å². The molecule has 0 aliphatic heterocycles. The van der Waals surface area contributed by atoms with Crippen LogP contribution in [0, 0.1) is 27.7 Å². The van der Waals surface area contributed by atoms with Gasteiger partial charge in [0.05, 0.1) is 12.5 Å². The van der Waals surface area contributed by atoms with Crippen LogP contribution < -0.4 is 0 Å². The Kier molecular flexibility index (Phi) is 5.78. The maximum Gasteiger partial charge on any atom is 0.147 e. The first-order valence-electron chi connectivity index (χ1n) is 12.4. The van der Waals surface area contributed by atoms with E-state index in [1.165, 1.54) is 82.4 Å². The van der Waals surface area contributed by atoms with E-state index >= 15 is 0 Å². The van der Waals surface area contributed by atoms with Crippen molar-refractivity contribution in [1.29, 1.82) is 0 Å². The number of fused-ring (bicyclic) bond motifs is 7. The quantitative estimate of drug-likeness (QED) is 0.352. The molecule has 1 nitrogen and oxygen atoms in total. The van der Waals surface area contributed by atoms with Gasteiger partial charge in [0.15, 0.2) is 0 Å². The van der Waals surface area contributed by atoms with Crippen LogP contribution in [0.2, 0.25) is 0 Å². The molecule has 168 valence electrons. The van der Waals surface area contributed by atoms with E-state index in [1.807, 2.05) is 0 Å². The lowest BCUT2D eigenvalue weighted by Gasteiger charge is -2.26. The molecular formula is C30H38NS+. The van der Waals surface area contributed by atoms with Gasteiger partial charge in [-0.15, -0.1) is 0 Å². The third-order valence-electron chi connectivity index (χ3n) is 8.32. The zero-order chi connectivity index (χ0) is 22.6. The molecule has 0 unspecified atom stereocenters. The average molecular weight is 445 g/mol. The van der Waals surface area contributed by atoms with Crippen molar-refractivity contribution in [3.05, 3.63) is 70.0 Å². The second-order valence-corrected chi connectivity index (χ2v) is 12.6. The van der Waals surface area contributed by atoms with Crippen molar-refractivity contribution in [2.24, 2.45) is 0 Å². The summed E-state index contributed by atoms with van der Waals surface area (Å²) >= 11 is 0. The molecule has 0 spiro atoms. The van der Waals surface area contributed by atoms with Crippen LogP contribution in [0.1, 0.15) is 77.0 Å². The largest absolute Gasteiger partial charge is 0.345 e. The Bertz CT molecular complexity index is 1160. The standard InChI is InChI=1S/C30H38NS/c1-19-23-12-10-16-26(19)29-21(3)31(24-13-8-7-9-14-24)22(4)30(29)27-17-11-15-25(20(27)2)28(18-23)32(5)6/h10-12,15-17,24,28H,7-9,13-14,18H2,1-6H3/q+1/t28-/m0/s1. The van der Waals surface area contributed by atoms with Crippen molar-refractivity contribution in [3.63, 3.8) is 0 Å². The second-order valence-electron chi connectivity index (χ2n) is 10.3. The smallest absolute Gasteiger partial charge is 0.147 e. The molecular weight excluding hydrogens is 406 g/mol. The molecule has 0 amide bonds. The number of hydrogen-bond donors (Lipinski definition) is 0. The summed E-state index contributed by atoms with van der Waals surface area (Å²) in [6.07, 6.45) is 12.8. The van der Waals surface area contributed by atoms with Crippen LogP contribution in [0.5, 0.6) is 0 Å². The molecule has 4 bridgehead atoms. The first-order valence-corrected chi connectivity index (χ1v) is 14.5. The highest BCUT2D eigenvalue weighted by atomic mass is 32.2. The summed E-state index contributed by atoms with van der Waals surface area (Å²) in [5.74, 6) is 0. The monoisotopic (exact) mass is 444 g/mol. The Morgan fingerprint density at radius 3 is 1.97 bits per heavy atom. The van der Waals surface area contributed by atoms with Gasteiger partial charge in [0.2, 0.25) is 0 Å². The van der Waals surface area contributed by atoms with Crippen LogP contribution in [-0.4, -0.2) is 17.1 Å². The van der Waals surface area contributed by atoms with Gasteiger partial charge >= 0.3 is 0 Å². The minimum atomic E-state index is 0.314. The van der Waals surface area contributed by atoms with E-state index in [0.717, 1.165) is 6.42 Å². The lowest BCUT2D eigenvalue weighted by Crippen LogP contribution is -2.16. The highest BCUT2D eigenvalue weighted by Gasteiger charge is 2.32. The maximum absolute atomic E-state index is 2.72. The minimum absolute atomic E-state index is 0.314. The average Bonchev–Trinajstić information content (AvgIpc) is 3.03. The number of rotatable bonds is 2. The summed E-state index contributed by atoms with van der Waals surface area (Å²) in [6.45, 7) is 9.52. The third-order valence-corrected chi connectivity index (χ3v) is 9.88. The Hall–Kier alpha value is -1.93. The van der Waals surface area contributed by atoms with Crippen molar-refractivity contribution in [3.8, 4) is 22.3 Å². The minimum Gasteiger partial charge on any atom is -0.345 e. The molecule has 1 aromatic heterocycles. The van der Waals surface area contributed by atoms with E-state index in [1.54, 1.807) is 5.56 Å². The van der Waals surface area contributed by atoms with Crippen LogP contribution in [0.3, 0.4) is 0 Å². The van der Waals surface area contributed by atoms with E-state index in [9.17, 15) is 0 Å². The lowest BCUT2D eigenvalue weighted by molar-refractivity contribution is 0.346. The fraction of sp³-hybridized carbons (Fsp3) is 0.467. The first-order chi connectivity index (χ1) is 15.4. The summed E-state index contributed by atoms with van der Waals surface area (Å²) in [7, 11) is 0.314. The molecule has 5 rings (SSSR count). The maximum atomic E-state index is 2.72. The van der Waals surface area contributed by atoms with Crippen molar-refractivity contribution in [2.45, 2.75) is 77.5 Å².